The molecule has 1 aliphatic rings. The van der Waals surface area contributed by atoms with Crippen LogP contribution in [-0.4, -0.2) is 53.0 Å². The second-order valence-corrected chi connectivity index (χ2v) is 6.30. The minimum Gasteiger partial charge on any atom is -0.410 e. The predicted molar refractivity (Wildman–Crippen MR) is 94.8 cm³/mol. The fraction of sp³-hybridized carbons (Fsp3) is 0.368. The summed E-state index contributed by atoms with van der Waals surface area (Å²) in [5.74, 6) is 0.545. The normalized spacial score (nSPS) is 15.0. The van der Waals surface area contributed by atoms with Gasteiger partial charge in [0.05, 0.1) is 5.56 Å². The number of ether oxygens (including phenoxy) is 1. The largest absolute Gasteiger partial charge is 0.415 e. The third-order valence-electron chi connectivity index (χ3n) is 4.37. The topological polar surface area (TPSA) is 65.6 Å². The highest BCUT2D eigenvalue weighted by Crippen LogP contribution is 2.16. The fourth-order valence-corrected chi connectivity index (χ4v) is 3.07. The van der Waals surface area contributed by atoms with Gasteiger partial charge < -0.3 is 19.5 Å². The molecule has 0 unspecified atom stereocenters. The van der Waals surface area contributed by atoms with Crippen LogP contribution in [0.1, 0.15) is 28.2 Å². The minimum absolute atomic E-state index is 0.0140. The number of carbonyl (C=O) groups is 2. The number of nitrogens with zero attached hydrogens (tertiary/aromatic N) is 2. The van der Waals surface area contributed by atoms with Gasteiger partial charge in [-0.2, -0.15) is 0 Å². The zero-order valence-corrected chi connectivity index (χ0v) is 14.6. The molecule has 1 fully saturated rings. The molecule has 6 nitrogen and oxygen atoms in total. The van der Waals surface area contributed by atoms with Crippen molar-refractivity contribution in [3.8, 4) is 5.75 Å². The SMILES string of the molecule is Cc1cc(C(=O)N2CCCN(C(=O)Oc3ccccc3)CC2)c(C)[nH]1. The molecule has 0 radical (unpaired) electrons. The molecule has 132 valence electrons. The smallest absolute Gasteiger partial charge is 0.410 e. The van der Waals surface area contributed by atoms with Crippen molar-refractivity contribution in [2.24, 2.45) is 0 Å². The van der Waals surface area contributed by atoms with E-state index < -0.39 is 0 Å². The van der Waals surface area contributed by atoms with Gasteiger partial charge in [-0.3, -0.25) is 4.79 Å². The molecule has 0 saturated carbocycles. The number of hydrogen-bond donors (Lipinski definition) is 1. The minimum atomic E-state index is -0.367. The Bertz CT molecular complexity index is 755. The molecule has 2 amide bonds. The van der Waals surface area contributed by atoms with Gasteiger partial charge in [-0.25, -0.2) is 4.79 Å². The number of H-pyrrole nitrogens is 1. The number of aromatic nitrogens is 1. The van der Waals surface area contributed by atoms with Crippen LogP contribution in [0.25, 0.3) is 0 Å². The van der Waals surface area contributed by atoms with Gasteiger partial charge in [0.1, 0.15) is 5.75 Å². The number of amides is 2. The summed E-state index contributed by atoms with van der Waals surface area (Å²) in [4.78, 5) is 31.7. The molecule has 1 N–H and O–H groups in total. The molecule has 0 atom stereocenters. The number of benzene rings is 1. The number of rotatable bonds is 2. The molecule has 1 aromatic heterocycles. The van der Waals surface area contributed by atoms with Crippen LogP contribution in [0.3, 0.4) is 0 Å². The van der Waals surface area contributed by atoms with Crippen molar-refractivity contribution < 1.29 is 14.3 Å². The monoisotopic (exact) mass is 341 g/mol. The lowest BCUT2D eigenvalue weighted by atomic mass is 10.2. The molecular weight excluding hydrogens is 318 g/mol. The first-order valence-corrected chi connectivity index (χ1v) is 8.52. The zero-order valence-electron chi connectivity index (χ0n) is 14.6. The summed E-state index contributed by atoms with van der Waals surface area (Å²) in [7, 11) is 0. The Morgan fingerprint density at radius 3 is 2.36 bits per heavy atom. The van der Waals surface area contributed by atoms with Crippen LogP contribution >= 0.6 is 0 Å². The quantitative estimate of drug-likeness (QED) is 0.913. The molecule has 2 heterocycles. The Hall–Kier alpha value is -2.76. The van der Waals surface area contributed by atoms with Gasteiger partial charge in [0.25, 0.3) is 5.91 Å². The Balaban J connectivity index is 1.61. The fourth-order valence-electron chi connectivity index (χ4n) is 3.07. The first kappa shape index (κ1) is 17.1. The van der Waals surface area contributed by atoms with E-state index in [0.29, 0.717) is 37.5 Å². The standard InChI is InChI=1S/C19H23N3O3/c1-14-13-17(15(2)20-14)18(23)21-9-6-10-22(12-11-21)19(24)25-16-7-4-3-5-8-16/h3-5,7-8,13,20H,6,9-12H2,1-2H3. The summed E-state index contributed by atoms with van der Waals surface area (Å²) in [5.41, 5.74) is 2.56. The lowest BCUT2D eigenvalue weighted by Crippen LogP contribution is -2.38. The van der Waals surface area contributed by atoms with Crippen molar-refractivity contribution >= 4 is 12.0 Å². The Morgan fingerprint density at radius 1 is 1.00 bits per heavy atom. The van der Waals surface area contributed by atoms with E-state index in [0.717, 1.165) is 17.8 Å². The van der Waals surface area contributed by atoms with Crippen LogP contribution in [0.15, 0.2) is 36.4 Å². The molecule has 0 bridgehead atoms. The van der Waals surface area contributed by atoms with Crippen LogP contribution in [0.2, 0.25) is 0 Å². The molecule has 3 rings (SSSR count). The van der Waals surface area contributed by atoms with Crippen molar-refractivity contribution in [3.05, 3.63) is 53.3 Å². The summed E-state index contributed by atoms with van der Waals surface area (Å²) in [6.07, 6.45) is 0.368. The van der Waals surface area contributed by atoms with E-state index in [4.69, 9.17) is 4.74 Å². The average molecular weight is 341 g/mol. The first-order valence-electron chi connectivity index (χ1n) is 8.52. The highest BCUT2D eigenvalue weighted by molar-refractivity contribution is 5.95. The second kappa shape index (κ2) is 7.42. The highest BCUT2D eigenvalue weighted by atomic mass is 16.6. The van der Waals surface area contributed by atoms with E-state index in [1.807, 2.05) is 43.0 Å². The van der Waals surface area contributed by atoms with Gasteiger partial charge in [-0.1, -0.05) is 18.2 Å². The average Bonchev–Trinajstić information content (AvgIpc) is 2.80. The van der Waals surface area contributed by atoms with Crippen molar-refractivity contribution in [2.75, 3.05) is 26.2 Å². The van der Waals surface area contributed by atoms with E-state index >= 15 is 0 Å². The molecule has 0 aliphatic carbocycles. The van der Waals surface area contributed by atoms with Crippen LogP contribution in [0, 0.1) is 13.8 Å². The van der Waals surface area contributed by atoms with E-state index in [9.17, 15) is 9.59 Å². The van der Waals surface area contributed by atoms with E-state index in [1.165, 1.54) is 0 Å². The number of nitrogens with one attached hydrogen (secondary N) is 1. The number of aryl methyl sites for hydroxylation is 2. The van der Waals surface area contributed by atoms with Crippen molar-refractivity contribution in [1.82, 2.24) is 14.8 Å². The van der Waals surface area contributed by atoms with Crippen molar-refractivity contribution in [1.29, 1.82) is 0 Å². The van der Waals surface area contributed by atoms with E-state index in [1.54, 1.807) is 17.0 Å². The maximum Gasteiger partial charge on any atom is 0.415 e. The predicted octanol–water partition coefficient (Wildman–Crippen LogP) is 2.98. The van der Waals surface area contributed by atoms with Gasteiger partial charge in [-0.15, -0.1) is 0 Å². The summed E-state index contributed by atoms with van der Waals surface area (Å²) in [6.45, 7) is 6.04. The zero-order chi connectivity index (χ0) is 17.8. The van der Waals surface area contributed by atoms with E-state index in [2.05, 4.69) is 4.98 Å². The van der Waals surface area contributed by atoms with E-state index in [-0.39, 0.29) is 12.0 Å². The molecular formula is C19H23N3O3. The number of para-hydroxylation sites is 1. The molecule has 0 spiro atoms. The van der Waals surface area contributed by atoms with Crippen LogP contribution < -0.4 is 4.74 Å². The number of carbonyl (C=O) groups excluding carboxylic acids is 2. The third kappa shape index (κ3) is 4.02. The molecule has 2 aromatic rings. The molecule has 1 saturated heterocycles. The first-order chi connectivity index (χ1) is 12.0. The maximum absolute atomic E-state index is 12.7. The Kier molecular flexibility index (Phi) is 5.07. The summed E-state index contributed by atoms with van der Waals surface area (Å²) < 4.78 is 5.39. The van der Waals surface area contributed by atoms with Crippen molar-refractivity contribution in [2.45, 2.75) is 20.3 Å². The number of aromatic amines is 1. The van der Waals surface area contributed by atoms with Crippen LogP contribution in [0.4, 0.5) is 4.79 Å². The molecule has 1 aliphatic heterocycles. The molecule has 1 aromatic carbocycles. The van der Waals surface area contributed by atoms with Gasteiger partial charge in [0, 0.05) is 37.6 Å². The lowest BCUT2D eigenvalue weighted by Gasteiger charge is -2.21. The van der Waals surface area contributed by atoms with Crippen LogP contribution in [-0.2, 0) is 0 Å². The van der Waals surface area contributed by atoms with Crippen molar-refractivity contribution in [3.63, 3.8) is 0 Å². The summed E-state index contributed by atoms with van der Waals surface area (Å²) in [5, 5.41) is 0. The van der Waals surface area contributed by atoms with Crippen LogP contribution in [0.5, 0.6) is 5.75 Å². The third-order valence-corrected chi connectivity index (χ3v) is 4.37. The molecule has 6 heteroatoms. The highest BCUT2D eigenvalue weighted by Gasteiger charge is 2.25. The second-order valence-electron chi connectivity index (χ2n) is 6.30. The van der Waals surface area contributed by atoms with Gasteiger partial charge in [-0.05, 0) is 38.5 Å². The Morgan fingerprint density at radius 2 is 1.68 bits per heavy atom. The Labute approximate surface area is 147 Å². The van der Waals surface area contributed by atoms with Gasteiger partial charge >= 0.3 is 6.09 Å². The molecule has 25 heavy (non-hydrogen) atoms. The van der Waals surface area contributed by atoms with Gasteiger partial charge in [0.2, 0.25) is 0 Å². The summed E-state index contributed by atoms with van der Waals surface area (Å²) >= 11 is 0. The maximum atomic E-state index is 12.7. The van der Waals surface area contributed by atoms with Gasteiger partial charge in [0.15, 0.2) is 0 Å². The summed E-state index contributed by atoms with van der Waals surface area (Å²) in [6, 6.07) is 10.9. The number of hydrogen-bond acceptors (Lipinski definition) is 3. The lowest BCUT2D eigenvalue weighted by molar-refractivity contribution is 0.0759.